The highest BCUT2D eigenvalue weighted by atomic mass is 32.2. The maximum absolute atomic E-state index is 12.0. The Hall–Kier alpha value is -2.11. The molecule has 4 nitrogen and oxygen atoms in total. The van der Waals surface area contributed by atoms with Crippen LogP contribution in [0.4, 0.5) is 0 Å². The number of allylic oxidation sites excluding steroid dienone is 2. The number of hydrogen-bond acceptors (Lipinski definition) is 3. The van der Waals surface area contributed by atoms with Crippen molar-refractivity contribution in [1.82, 2.24) is 4.72 Å². The van der Waals surface area contributed by atoms with Crippen molar-refractivity contribution in [1.29, 1.82) is 0 Å². The lowest BCUT2D eigenvalue weighted by Gasteiger charge is -2.08. The van der Waals surface area contributed by atoms with Crippen LogP contribution in [0.15, 0.2) is 66.2 Å². The predicted octanol–water partition coefficient (Wildman–Crippen LogP) is 4.83. The van der Waals surface area contributed by atoms with Crippen LogP contribution in [-0.4, -0.2) is 20.7 Å². The summed E-state index contributed by atoms with van der Waals surface area (Å²) in [5, 5.41) is 0. The molecule has 0 radical (unpaired) electrons. The zero-order valence-electron chi connectivity index (χ0n) is 15.6. The van der Waals surface area contributed by atoms with E-state index in [4.69, 9.17) is 4.74 Å². The number of rotatable bonds is 11. The van der Waals surface area contributed by atoms with Crippen LogP contribution in [0.25, 0.3) is 0 Å². The van der Waals surface area contributed by atoms with Crippen LogP contribution in [-0.2, 0) is 16.4 Å². The first kappa shape index (κ1) is 19.6. The van der Waals surface area contributed by atoms with Crippen molar-refractivity contribution < 1.29 is 13.2 Å². The van der Waals surface area contributed by atoms with Crippen molar-refractivity contribution in [3.05, 3.63) is 71.8 Å². The van der Waals surface area contributed by atoms with E-state index in [1.807, 2.05) is 54.6 Å². The number of benzene rings is 2. The molecule has 1 fully saturated rings. The predicted molar refractivity (Wildman–Crippen MR) is 110 cm³/mol. The molecular weight excluding hydrogens is 358 g/mol. The second kappa shape index (κ2) is 9.72. The minimum atomic E-state index is -3.17. The lowest BCUT2D eigenvalue weighted by molar-refractivity contribution is 0.482. The highest BCUT2D eigenvalue weighted by molar-refractivity contribution is 7.89. The molecule has 0 bridgehead atoms. The molecule has 2 aromatic rings. The summed E-state index contributed by atoms with van der Waals surface area (Å²) >= 11 is 0. The molecule has 27 heavy (non-hydrogen) atoms. The number of unbranched alkanes of at least 4 members (excludes halogenated alkanes) is 1. The normalized spacial score (nSPS) is 13.4. The van der Waals surface area contributed by atoms with Gasteiger partial charge in [-0.05, 0) is 68.4 Å². The van der Waals surface area contributed by atoms with E-state index in [2.05, 4.69) is 10.8 Å². The third-order valence-corrected chi connectivity index (χ3v) is 5.90. The fraction of sp³-hybridized carbons (Fsp3) is 0.364. The standard InChI is InChI=1S/C22H27NO3S/c24-27(25,17-5-4-8-19-14-15-19)23-16-7-10-20-9-6-13-22(18-20)26-21-11-2-1-3-12-21/h1-3,6,8-9,11-13,18,23H,4-5,7,10,14-17H2. The van der Waals surface area contributed by atoms with Crippen LogP contribution in [0.5, 0.6) is 11.5 Å². The summed E-state index contributed by atoms with van der Waals surface area (Å²) in [6.45, 7) is 0.465. The first-order chi connectivity index (χ1) is 13.1. The van der Waals surface area contributed by atoms with Gasteiger partial charge >= 0.3 is 0 Å². The van der Waals surface area contributed by atoms with Gasteiger partial charge in [0.05, 0.1) is 5.75 Å². The van der Waals surface area contributed by atoms with E-state index in [0.29, 0.717) is 13.0 Å². The minimum Gasteiger partial charge on any atom is -0.457 e. The van der Waals surface area contributed by atoms with Gasteiger partial charge in [-0.25, -0.2) is 13.1 Å². The van der Waals surface area contributed by atoms with E-state index in [9.17, 15) is 8.42 Å². The Labute approximate surface area is 162 Å². The van der Waals surface area contributed by atoms with Crippen molar-refractivity contribution in [2.75, 3.05) is 12.3 Å². The quantitative estimate of drug-likeness (QED) is 0.445. The number of sulfonamides is 1. The Morgan fingerprint density at radius 2 is 1.74 bits per heavy atom. The Morgan fingerprint density at radius 3 is 2.52 bits per heavy atom. The maximum Gasteiger partial charge on any atom is 0.211 e. The Bertz CT molecular complexity index is 854. The second-order valence-corrected chi connectivity index (χ2v) is 8.81. The van der Waals surface area contributed by atoms with Crippen LogP contribution in [0.3, 0.4) is 0 Å². The zero-order valence-corrected chi connectivity index (χ0v) is 16.4. The van der Waals surface area contributed by atoms with Crippen molar-refractivity contribution in [2.24, 2.45) is 0 Å². The van der Waals surface area contributed by atoms with Gasteiger partial charge in [-0.1, -0.05) is 42.0 Å². The molecule has 0 amide bonds. The highest BCUT2D eigenvalue weighted by Crippen LogP contribution is 2.28. The van der Waals surface area contributed by atoms with E-state index in [0.717, 1.165) is 36.3 Å². The monoisotopic (exact) mass is 385 g/mol. The summed E-state index contributed by atoms with van der Waals surface area (Å²) in [6.07, 6.45) is 7.70. The van der Waals surface area contributed by atoms with E-state index in [1.54, 1.807) is 0 Å². The van der Waals surface area contributed by atoms with Gasteiger partial charge in [-0.2, -0.15) is 0 Å². The van der Waals surface area contributed by atoms with Gasteiger partial charge in [0, 0.05) is 6.54 Å². The molecule has 1 saturated carbocycles. The molecule has 3 rings (SSSR count). The number of ether oxygens (including phenoxy) is 1. The fourth-order valence-corrected chi connectivity index (χ4v) is 3.98. The average Bonchev–Trinajstić information content (AvgIpc) is 3.48. The molecule has 1 N–H and O–H groups in total. The number of hydrogen-bond donors (Lipinski definition) is 1. The summed E-state index contributed by atoms with van der Waals surface area (Å²) in [5.41, 5.74) is 2.61. The number of para-hydroxylation sites is 1. The Kier molecular flexibility index (Phi) is 7.07. The summed E-state index contributed by atoms with van der Waals surface area (Å²) in [7, 11) is -3.17. The van der Waals surface area contributed by atoms with Crippen LogP contribution >= 0.6 is 0 Å². The molecule has 0 heterocycles. The van der Waals surface area contributed by atoms with Crippen LogP contribution < -0.4 is 9.46 Å². The Balaban J connectivity index is 1.38. The largest absolute Gasteiger partial charge is 0.457 e. The van der Waals surface area contributed by atoms with Crippen molar-refractivity contribution >= 4 is 10.0 Å². The topological polar surface area (TPSA) is 55.4 Å². The van der Waals surface area contributed by atoms with E-state index < -0.39 is 10.0 Å². The van der Waals surface area contributed by atoms with Crippen LogP contribution in [0, 0.1) is 0 Å². The van der Waals surface area contributed by atoms with E-state index >= 15 is 0 Å². The molecule has 0 aliphatic heterocycles. The molecule has 0 aromatic heterocycles. The first-order valence-corrected chi connectivity index (χ1v) is 11.2. The third kappa shape index (κ3) is 7.57. The summed E-state index contributed by atoms with van der Waals surface area (Å²) in [4.78, 5) is 0. The van der Waals surface area contributed by atoms with Gasteiger partial charge in [0.25, 0.3) is 0 Å². The third-order valence-electron chi connectivity index (χ3n) is 4.43. The summed E-state index contributed by atoms with van der Waals surface area (Å²) in [5.74, 6) is 1.81. The van der Waals surface area contributed by atoms with Crippen molar-refractivity contribution in [3.63, 3.8) is 0 Å². The molecule has 2 aromatic carbocycles. The summed E-state index contributed by atoms with van der Waals surface area (Å²) < 4.78 is 32.6. The van der Waals surface area contributed by atoms with Crippen LogP contribution in [0.2, 0.25) is 0 Å². The smallest absolute Gasteiger partial charge is 0.211 e. The molecule has 5 heteroatoms. The van der Waals surface area contributed by atoms with Gasteiger partial charge in [0.15, 0.2) is 0 Å². The maximum atomic E-state index is 12.0. The Morgan fingerprint density at radius 1 is 0.963 bits per heavy atom. The first-order valence-electron chi connectivity index (χ1n) is 9.58. The molecule has 144 valence electrons. The SMILES string of the molecule is O=S(=O)(CCCC=C1CC1)NCCCc1cccc(Oc2ccccc2)c1. The zero-order chi connectivity index (χ0) is 19.0. The lowest BCUT2D eigenvalue weighted by Crippen LogP contribution is -2.27. The van der Waals surface area contributed by atoms with E-state index in [-0.39, 0.29) is 5.75 Å². The highest BCUT2D eigenvalue weighted by Gasteiger charge is 2.11. The molecule has 1 aliphatic carbocycles. The molecular formula is C22H27NO3S. The number of nitrogens with one attached hydrogen (secondary N) is 1. The summed E-state index contributed by atoms with van der Waals surface area (Å²) in [6, 6.07) is 17.6. The second-order valence-electron chi connectivity index (χ2n) is 6.88. The minimum absolute atomic E-state index is 0.206. The van der Waals surface area contributed by atoms with Crippen molar-refractivity contribution in [2.45, 2.75) is 38.5 Å². The van der Waals surface area contributed by atoms with Gasteiger partial charge in [-0.15, -0.1) is 0 Å². The molecule has 0 saturated heterocycles. The molecule has 1 aliphatic rings. The van der Waals surface area contributed by atoms with Gasteiger partial charge in [0.1, 0.15) is 11.5 Å². The van der Waals surface area contributed by atoms with Gasteiger partial charge in [0.2, 0.25) is 10.0 Å². The fourth-order valence-electron chi connectivity index (χ4n) is 2.84. The van der Waals surface area contributed by atoms with Gasteiger partial charge in [-0.3, -0.25) is 0 Å². The van der Waals surface area contributed by atoms with E-state index in [1.165, 1.54) is 18.4 Å². The molecule has 0 spiro atoms. The van der Waals surface area contributed by atoms with Crippen LogP contribution in [0.1, 0.15) is 37.7 Å². The lowest BCUT2D eigenvalue weighted by atomic mass is 10.1. The van der Waals surface area contributed by atoms with Crippen molar-refractivity contribution in [3.8, 4) is 11.5 Å². The average molecular weight is 386 g/mol. The number of aryl methyl sites for hydroxylation is 1. The molecule has 0 unspecified atom stereocenters. The van der Waals surface area contributed by atoms with Gasteiger partial charge < -0.3 is 4.74 Å². The molecule has 0 atom stereocenters.